The van der Waals surface area contributed by atoms with E-state index in [1.54, 1.807) is 12.1 Å². The Morgan fingerprint density at radius 1 is 1.23 bits per heavy atom. The van der Waals surface area contributed by atoms with Crippen molar-refractivity contribution >= 4 is 16.9 Å². The van der Waals surface area contributed by atoms with Gasteiger partial charge in [-0.3, -0.25) is 4.98 Å². The standard InChI is InChI=1S/C18H22N2O2/c1-12(2)20-10-8-13(9-11-20)16-7-6-14-15(18(21)22)4-3-5-17(14)19-16/h3-7,12-13H,8-11H2,1-2H3,(H,21,22). The number of hydrogen-bond donors (Lipinski definition) is 1. The van der Waals surface area contributed by atoms with Crippen LogP contribution in [0.2, 0.25) is 0 Å². The molecule has 0 bridgehead atoms. The van der Waals surface area contributed by atoms with Crippen molar-refractivity contribution in [3.63, 3.8) is 0 Å². The van der Waals surface area contributed by atoms with Crippen LogP contribution in [0.4, 0.5) is 0 Å². The zero-order valence-electron chi connectivity index (χ0n) is 13.1. The van der Waals surface area contributed by atoms with Gasteiger partial charge in [-0.05, 0) is 58.0 Å². The number of aromatic nitrogens is 1. The van der Waals surface area contributed by atoms with Gasteiger partial charge in [0.25, 0.3) is 0 Å². The van der Waals surface area contributed by atoms with Gasteiger partial charge in [0, 0.05) is 23.0 Å². The fourth-order valence-electron chi connectivity index (χ4n) is 3.30. The summed E-state index contributed by atoms with van der Waals surface area (Å²) in [6, 6.07) is 9.81. The van der Waals surface area contributed by atoms with Crippen LogP contribution >= 0.6 is 0 Å². The van der Waals surface area contributed by atoms with Crippen molar-refractivity contribution in [3.8, 4) is 0 Å². The first kappa shape index (κ1) is 15.0. The van der Waals surface area contributed by atoms with Crippen molar-refractivity contribution < 1.29 is 9.90 Å². The van der Waals surface area contributed by atoms with Crippen molar-refractivity contribution in [1.29, 1.82) is 0 Å². The highest BCUT2D eigenvalue weighted by Gasteiger charge is 2.23. The van der Waals surface area contributed by atoms with Gasteiger partial charge < -0.3 is 10.0 Å². The highest BCUT2D eigenvalue weighted by atomic mass is 16.4. The fourth-order valence-corrected chi connectivity index (χ4v) is 3.30. The lowest BCUT2D eigenvalue weighted by molar-refractivity contribution is 0.0699. The van der Waals surface area contributed by atoms with E-state index < -0.39 is 5.97 Å². The molecule has 1 N–H and O–H groups in total. The van der Waals surface area contributed by atoms with Gasteiger partial charge in [-0.15, -0.1) is 0 Å². The van der Waals surface area contributed by atoms with E-state index in [1.165, 1.54) is 0 Å². The van der Waals surface area contributed by atoms with Crippen LogP contribution in [0.15, 0.2) is 30.3 Å². The fraction of sp³-hybridized carbons (Fsp3) is 0.444. The number of likely N-dealkylation sites (tertiary alicyclic amines) is 1. The predicted octanol–water partition coefficient (Wildman–Crippen LogP) is 3.52. The van der Waals surface area contributed by atoms with E-state index in [-0.39, 0.29) is 0 Å². The van der Waals surface area contributed by atoms with E-state index in [1.807, 2.05) is 18.2 Å². The summed E-state index contributed by atoms with van der Waals surface area (Å²) < 4.78 is 0. The zero-order chi connectivity index (χ0) is 15.7. The molecule has 0 amide bonds. The lowest BCUT2D eigenvalue weighted by Gasteiger charge is -2.34. The Morgan fingerprint density at radius 3 is 2.59 bits per heavy atom. The first-order chi connectivity index (χ1) is 10.6. The topological polar surface area (TPSA) is 53.4 Å². The second kappa shape index (κ2) is 6.05. The summed E-state index contributed by atoms with van der Waals surface area (Å²) in [5, 5.41) is 9.97. The molecule has 1 aromatic heterocycles. The molecule has 1 fully saturated rings. The van der Waals surface area contributed by atoms with Crippen molar-refractivity contribution in [2.75, 3.05) is 13.1 Å². The summed E-state index contributed by atoms with van der Waals surface area (Å²) in [4.78, 5) is 18.5. The number of carboxylic acid groups (broad SMARTS) is 1. The Labute approximate surface area is 130 Å². The first-order valence-electron chi connectivity index (χ1n) is 7.93. The van der Waals surface area contributed by atoms with Crippen molar-refractivity contribution in [2.45, 2.75) is 38.6 Å². The molecule has 22 heavy (non-hydrogen) atoms. The highest BCUT2D eigenvalue weighted by Crippen LogP contribution is 2.29. The summed E-state index contributed by atoms with van der Waals surface area (Å²) in [6.07, 6.45) is 2.24. The number of pyridine rings is 1. The van der Waals surface area contributed by atoms with Crippen LogP contribution < -0.4 is 0 Å². The first-order valence-corrected chi connectivity index (χ1v) is 7.93. The minimum atomic E-state index is -0.898. The van der Waals surface area contributed by atoms with E-state index in [4.69, 9.17) is 4.98 Å². The molecule has 116 valence electrons. The van der Waals surface area contributed by atoms with E-state index >= 15 is 0 Å². The molecule has 2 heterocycles. The lowest BCUT2D eigenvalue weighted by atomic mass is 9.92. The maximum absolute atomic E-state index is 11.3. The van der Waals surface area contributed by atoms with E-state index in [0.29, 0.717) is 17.5 Å². The van der Waals surface area contributed by atoms with Crippen LogP contribution in [-0.2, 0) is 0 Å². The summed E-state index contributed by atoms with van der Waals surface area (Å²) in [5.74, 6) is -0.418. The van der Waals surface area contributed by atoms with Gasteiger partial charge in [0.1, 0.15) is 0 Å². The van der Waals surface area contributed by atoms with Crippen LogP contribution in [0.5, 0.6) is 0 Å². The SMILES string of the molecule is CC(C)N1CCC(c2ccc3c(C(=O)O)cccc3n2)CC1. The molecule has 0 radical (unpaired) electrons. The van der Waals surface area contributed by atoms with E-state index in [2.05, 4.69) is 18.7 Å². The second-order valence-corrected chi connectivity index (χ2v) is 6.32. The predicted molar refractivity (Wildman–Crippen MR) is 87.4 cm³/mol. The van der Waals surface area contributed by atoms with Gasteiger partial charge in [-0.2, -0.15) is 0 Å². The quantitative estimate of drug-likeness (QED) is 0.942. The number of piperidine rings is 1. The Morgan fingerprint density at radius 2 is 1.95 bits per heavy atom. The van der Waals surface area contributed by atoms with Gasteiger partial charge >= 0.3 is 5.97 Å². The smallest absolute Gasteiger partial charge is 0.336 e. The molecular weight excluding hydrogens is 276 g/mol. The van der Waals surface area contributed by atoms with Crippen molar-refractivity contribution in [2.24, 2.45) is 0 Å². The molecule has 0 unspecified atom stereocenters. The average Bonchev–Trinajstić information content (AvgIpc) is 2.53. The molecule has 4 nitrogen and oxygen atoms in total. The van der Waals surface area contributed by atoms with Crippen molar-refractivity contribution in [3.05, 3.63) is 41.6 Å². The van der Waals surface area contributed by atoms with Gasteiger partial charge in [0.15, 0.2) is 0 Å². The number of rotatable bonds is 3. The largest absolute Gasteiger partial charge is 0.478 e. The Bertz CT molecular complexity index is 689. The molecule has 0 atom stereocenters. The third-order valence-corrected chi connectivity index (χ3v) is 4.66. The third kappa shape index (κ3) is 2.83. The molecule has 1 saturated heterocycles. The van der Waals surface area contributed by atoms with Crippen LogP contribution in [0.1, 0.15) is 48.7 Å². The Hall–Kier alpha value is -1.94. The number of benzene rings is 1. The van der Waals surface area contributed by atoms with Crippen molar-refractivity contribution in [1.82, 2.24) is 9.88 Å². The van der Waals surface area contributed by atoms with Gasteiger partial charge in [0.2, 0.25) is 0 Å². The Balaban J connectivity index is 1.86. The minimum Gasteiger partial charge on any atom is -0.478 e. The molecule has 1 aliphatic rings. The summed E-state index contributed by atoms with van der Waals surface area (Å²) in [7, 11) is 0. The number of aromatic carboxylic acids is 1. The maximum Gasteiger partial charge on any atom is 0.336 e. The molecule has 0 aliphatic carbocycles. The molecule has 1 aromatic carbocycles. The molecule has 2 aromatic rings. The minimum absolute atomic E-state index is 0.325. The van der Waals surface area contributed by atoms with Crippen LogP contribution in [0.25, 0.3) is 10.9 Å². The third-order valence-electron chi connectivity index (χ3n) is 4.66. The monoisotopic (exact) mass is 298 g/mol. The number of carbonyl (C=O) groups is 1. The summed E-state index contributed by atoms with van der Waals surface area (Å²) in [5.41, 5.74) is 2.20. The lowest BCUT2D eigenvalue weighted by Crippen LogP contribution is -2.37. The van der Waals surface area contributed by atoms with E-state index in [0.717, 1.165) is 42.5 Å². The molecular formula is C18H22N2O2. The zero-order valence-corrected chi connectivity index (χ0v) is 13.1. The van der Waals surface area contributed by atoms with Gasteiger partial charge in [0.05, 0.1) is 11.1 Å². The normalized spacial score (nSPS) is 17.2. The van der Waals surface area contributed by atoms with Crippen LogP contribution in [0.3, 0.4) is 0 Å². The van der Waals surface area contributed by atoms with Gasteiger partial charge in [-0.1, -0.05) is 12.1 Å². The van der Waals surface area contributed by atoms with Crippen LogP contribution in [0, 0.1) is 0 Å². The van der Waals surface area contributed by atoms with Gasteiger partial charge in [-0.25, -0.2) is 4.79 Å². The number of nitrogens with zero attached hydrogens (tertiary/aromatic N) is 2. The molecule has 0 saturated carbocycles. The molecule has 3 rings (SSSR count). The average molecular weight is 298 g/mol. The van der Waals surface area contributed by atoms with Crippen LogP contribution in [-0.4, -0.2) is 40.1 Å². The Kier molecular flexibility index (Phi) is 4.12. The summed E-state index contributed by atoms with van der Waals surface area (Å²) in [6.45, 7) is 6.69. The highest BCUT2D eigenvalue weighted by molar-refractivity contribution is 6.02. The number of fused-ring (bicyclic) bond motifs is 1. The van der Waals surface area contributed by atoms with E-state index in [9.17, 15) is 9.90 Å². The molecule has 1 aliphatic heterocycles. The number of hydrogen-bond acceptors (Lipinski definition) is 3. The molecule has 0 spiro atoms. The summed E-state index contributed by atoms with van der Waals surface area (Å²) >= 11 is 0. The molecule has 4 heteroatoms. The maximum atomic E-state index is 11.3. The number of carboxylic acids is 1. The second-order valence-electron chi connectivity index (χ2n) is 6.32.